The van der Waals surface area contributed by atoms with Crippen molar-refractivity contribution in [3.05, 3.63) is 60.2 Å². The van der Waals surface area contributed by atoms with Gasteiger partial charge in [-0.1, -0.05) is 10.2 Å². The minimum absolute atomic E-state index is 0.689. The zero-order valence-corrected chi connectivity index (χ0v) is 23.6. The number of benzene rings is 2. The first-order valence-electron chi connectivity index (χ1n) is 13.1. The van der Waals surface area contributed by atoms with Gasteiger partial charge in [-0.3, -0.25) is 0 Å². The van der Waals surface area contributed by atoms with Gasteiger partial charge >= 0.3 is 11.9 Å². The van der Waals surface area contributed by atoms with Crippen LogP contribution in [0, 0.1) is 13.8 Å². The first kappa shape index (κ1) is 27.6. The maximum absolute atomic E-state index is 4.36. The van der Waals surface area contributed by atoms with Gasteiger partial charge in [0.1, 0.15) is 0 Å². The molecule has 0 fully saturated rings. The molecule has 12 nitrogen and oxygen atoms in total. The molecule has 0 atom stereocenters. The highest BCUT2D eigenvalue weighted by Gasteiger charge is 2.12. The number of nitrogens with zero attached hydrogens (tertiary/aromatic N) is 10. The number of unbranched alkanes of at least 4 members (excludes halogenated alkanes) is 2. The Morgan fingerprint density at radius 1 is 0.667 bits per heavy atom. The average molecular weight is 531 g/mol. The van der Waals surface area contributed by atoms with Crippen molar-refractivity contribution in [1.82, 2.24) is 19.6 Å². The second-order valence-electron chi connectivity index (χ2n) is 9.64. The van der Waals surface area contributed by atoms with E-state index in [4.69, 9.17) is 0 Å². The predicted molar refractivity (Wildman–Crippen MR) is 150 cm³/mol. The van der Waals surface area contributed by atoms with Gasteiger partial charge in [0.25, 0.3) is 0 Å². The Bertz CT molecular complexity index is 1310. The molecule has 0 radical (unpaired) electrons. The van der Waals surface area contributed by atoms with E-state index >= 15 is 0 Å². The lowest BCUT2D eigenvalue weighted by atomic mass is 10.1. The van der Waals surface area contributed by atoms with Gasteiger partial charge in [-0.25, -0.2) is 9.13 Å². The fraction of sp³-hybridized carbons (Fsp3) is 0.407. The summed E-state index contributed by atoms with van der Waals surface area (Å²) in [4.78, 5) is 0. The average Bonchev–Trinajstić information content (AvgIpc) is 3.41. The SMILES string of the molecule is Cc1cc(N=Nc2n(C)nc[n+]2C)ccc1NCCCCCNc1ccc(N=Nc2n(C)nc[n+]2C)cc1C. The highest BCUT2D eigenvalue weighted by atomic mass is 15.4. The van der Waals surface area contributed by atoms with Crippen LogP contribution in [0.5, 0.6) is 0 Å². The second kappa shape index (κ2) is 12.9. The van der Waals surface area contributed by atoms with Crippen LogP contribution in [-0.2, 0) is 28.2 Å². The molecule has 0 bridgehead atoms. The molecule has 0 amide bonds. The van der Waals surface area contributed by atoms with Gasteiger partial charge in [0.15, 0.2) is 0 Å². The topological polar surface area (TPSA) is 117 Å². The Hall–Kier alpha value is -4.48. The molecule has 4 aromatic rings. The first-order valence-corrected chi connectivity index (χ1v) is 13.1. The van der Waals surface area contributed by atoms with E-state index in [9.17, 15) is 0 Å². The zero-order chi connectivity index (χ0) is 27.8. The van der Waals surface area contributed by atoms with Gasteiger partial charge in [0.05, 0.1) is 39.6 Å². The highest BCUT2D eigenvalue weighted by Crippen LogP contribution is 2.24. The largest absolute Gasteiger partial charge is 0.403 e. The number of hydrogen-bond donors (Lipinski definition) is 2. The summed E-state index contributed by atoms with van der Waals surface area (Å²) in [6, 6.07) is 12.2. The van der Waals surface area contributed by atoms with Crippen LogP contribution in [0.2, 0.25) is 0 Å². The van der Waals surface area contributed by atoms with E-state index in [1.165, 1.54) is 0 Å². The van der Waals surface area contributed by atoms with Crippen LogP contribution in [0.3, 0.4) is 0 Å². The van der Waals surface area contributed by atoms with Crippen molar-refractivity contribution >= 4 is 34.6 Å². The molecule has 0 aliphatic heterocycles. The highest BCUT2D eigenvalue weighted by molar-refractivity contribution is 5.58. The Morgan fingerprint density at radius 3 is 1.46 bits per heavy atom. The fourth-order valence-corrected chi connectivity index (χ4v) is 4.14. The quantitative estimate of drug-likeness (QED) is 0.153. The standard InChI is InChI=1S/C27H36N12/c1-20-16-22(32-34-26-36(3)18-30-38(26)5)10-12-24(20)28-14-8-7-9-15-29-25-13-11-23(17-21(25)2)33-35-27-37(4)19-31-39(27)6/h10-13,16-19H,7-9,14-15H2,1-6H3/p+2. The van der Waals surface area contributed by atoms with E-state index in [0.717, 1.165) is 66.2 Å². The van der Waals surface area contributed by atoms with E-state index in [0.29, 0.717) is 11.9 Å². The number of azo groups is 2. The molecule has 2 heterocycles. The van der Waals surface area contributed by atoms with Crippen molar-refractivity contribution in [3.63, 3.8) is 0 Å². The molecule has 0 aliphatic carbocycles. The number of hydrogen-bond acceptors (Lipinski definition) is 8. The number of aryl methyl sites for hydroxylation is 6. The summed E-state index contributed by atoms with van der Waals surface area (Å²) >= 11 is 0. The van der Waals surface area contributed by atoms with E-state index < -0.39 is 0 Å². The summed E-state index contributed by atoms with van der Waals surface area (Å²) in [5.74, 6) is 1.38. The lowest BCUT2D eigenvalue weighted by Gasteiger charge is -2.11. The third-order valence-electron chi connectivity index (χ3n) is 6.42. The summed E-state index contributed by atoms with van der Waals surface area (Å²) in [7, 11) is 7.49. The third-order valence-corrected chi connectivity index (χ3v) is 6.42. The van der Waals surface area contributed by atoms with Crippen LogP contribution in [0.15, 0.2) is 69.5 Å². The Balaban J connectivity index is 1.16. The van der Waals surface area contributed by atoms with Crippen molar-refractivity contribution in [3.8, 4) is 0 Å². The molecule has 39 heavy (non-hydrogen) atoms. The van der Waals surface area contributed by atoms with Crippen molar-refractivity contribution in [2.75, 3.05) is 23.7 Å². The van der Waals surface area contributed by atoms with Gasteiger partial charge in [0.2, 0.25) is 12.7 Å². The molecule has 0 saturated heterocycles. The van der Waals surface area contributed by atoms with E-state index in [1.54, 1.807) is 22.0 Å². The van der Waals surface area contributed by atoms with Crippen LogP contribution in [0.25, 0.3) is 0 Å². The predicted octanol–water partition coefficient (Wildman–Crippen LogP) is 4.94. The van der Waals surface area contributed by atoms with E-state index in [-0.39, 0.29) is 0 Å². The smallest absolute Gasteiger partial charge is 0.385 e. The fourth-order valence-electron chi connectivity index (χ4n) is 4.14. The lowest BCUT2D eigenvalue weighted by molar-refractivity contribution is -0.659. The van der Waals surface area contributed by atoms with Crippen molar-refractivity contribution in [1.29, 1.82) is 0 Å². The van der Waals surface area contributed by atoms with Crippen LogP contribution in [0.4, 0.5) is 34.6 Å². The Labute approximate surface area is 229 Å². The summed E-state index contributed by atoms with van der Waals surface area (Å²) in [6.07, 6.45) is 6.76. The molecule has 0 spiro atoms. The third kappa shape index (κ3) is 7.30. The molecule has 2 aromatic heterocycles. The van der Waals surface area contributed by atoms with Crippen molar-refractivity contribution in [2.24, 2.45) is 48.6 Å². The molecular weight excluding hydrogens is 492 g/mol. The van der Waals surface area contributed by atoms with Crippen LogP contribution in [-0.4, -0.2) is 32.7 Å². The molecular formula is C27H38N12+2. The van der Waals surface area contributed by atoms with Crippen LogP contribution < -0.4 is 19.8 Å². The number of aromatic nitrogens is 6. The Morgan fingerprint density at radius 2 is 1.10 bits per heavy atom. The van der Waals surface area contributed by atoms with Gasteiger partial charge < -0.3 is 10.6 Å². The van der Waals surface area contributed by atoms with Gasteiger partial charge in [-0.05, 0) is 90.8 Å². The van der Waals surface area contributed by atoms with Gasteiger partial charge in [-0.2, -0.15) is 0 Å². The van der Waals surface area contributed by atoms with Crippen LogP contribution in [0.1, 0.15) is 30.4 Å². The Kier molecular flexibility index (Phi) is 9.08. The second-order valence-corrected chi connectivity index (χ2v) is 9.64. The van der Waals surface area contributed by atoms with E-state index in [2.05, 4.69) is 67.3 Å². The van der Waals surface area contributed by atoms with Crippen molar-refractivity contribution < 1.29 is 9.13 Å². The molecule has 2 aromatic carbocycles. The maximum atomic E-state index is 4.36. The molecule has 12 heteroatoms. The van der Waals surface area contributed by atoms with E-state index in [1.807, 2.05) is 61.6 Å². The summed E-state index contributed by atoms with van der Waals surface area (Å²) in [5, 5.41) is 32.8. The molecule has 4 rings (SSSR count). The maximum Gasteiger partial charge on any atom is 0.403 e. The molecule has 0 unspecified atom stereocenters. The van der Waals surface area contributed by atoms with Gasteiger partial charge in [-0.15, -0.1) is 9.36 Å². The monoisotopic (exact) mass is 530 g/mol. The number of rotatable bonds is 12. The van der Waals surface area contributed by atoms with Crippen LogP contribution >= 0.6 is 0 Å². The molecule has 2 N–H and O–H groups in total. The minimum Gasteiger partial charge on any atom is -0.385 e. The molecule has 0 saturated carbocycles. The molecule has 0 aliphatic rings. The molecule has 204 valence electrons. The summed E-state index contributed by atoms with van der Waals surface area (Å²) in [6.45, 7) is 6.03. The number of anilines is 2. The summed E-state index contributed by atoms with van der Waals surface area (Å²) < 4.78 is 7.05. The van der Waals surface area contributed by atoms with Crippen molar-refractivity contribution in [2.45, 2.75) is 33.1 Å². The van der Waals surface area contributed by atoms with Gasteiger partial charge in [0, 0.05) is 34.7 Å². The summed E-state index contributed by atoms with van der Waals surface area (Å²) in [5.41, 5.74) is 6.19. The minimum atomic E-state index is 0.689. The normalized spacial score (nSPS) is 11.6. The number of nitrogens with one attached hydrogen (secondary N) is 2. The lowest BCUT2D eigenvalue weighted by Crippen LogP contribution is -2.25. The zero-order valence-electron chi connectivity index (χ0n) is 23.6. The first-order chi connectivity index (χ1) is 18.8.